The number of rotatable bonds is 7. The summed E-state index contributed by atoms with van der Waals surface area (Å²) in [5.74, 6) is -0.0847. The number of aryl methyl sites for hydroxylation is 1. The fourth-order valence-electron chi connectivity index (χ4n) is 4.61. The SMILES string of the molecule is COc1ccc2ccccc2c1C(OC(=O)C(C)(C)C)c1ccccc1C(OC(=O)C(C)(C)C)c1ccc(C)cc1. The molecule has 0 fully saturated rings. The molecule has 5 heteroatoms. The van der Waals surface area contributed by atoms with Gasteiger partial charge in [-0.25, -0.2) is 0 Å². The summed E-state index contributed by atoms with van der Waals surface area (Å²) in [6, 6.07) is 27.5. The van der Waals surface area contributed by atoms with Crippen LogP contribution in [0.2, 0.25) is 0 Å². The van der Waals surface area contributed by atoms with Crippen LogP contribution in [-0.4, -0.2) is 19.0 Å². The van der Waals surface area contributed by atoms with Crippen LogP contribution in [0.5, 0.6) is 5.75 Å². The predicted octanol–water partition coefficient (Wildman–Crippen LogP) is 8.51. The minimum Gasteiger partial charge on any atom is -0.496 e. The summed E-state index contributed by atoms with van der Waals surface area (Å²) < 4.78 is 18.5. The highest BCUT2D eigenvalue weighted by Crippen LogP contribution is 2.43. The number of esters is 2. The molecule has 0 saturated heterocycles. The molecule has 5 nitrogen and oxygen atoms in total. The first-order valence-electron chi connectivity index (χ1n) is 13.9. The molecule has 2 atom stereocenters. The number of benzene rings is 4. The highest BCUT2D eigenvalue weighted by molar-refractivity contribution is 5.89. The molecule has 0 aromatic heterocycles. The molecule has 0 saturated carbocycles. The number of ether oxygens (including phenoxy) is 3. The molecule has 0 amide bonds. The van der Waals surface area contributed by atoms with E-state index >= 15 is 0 Å². The summed E-state index contributed by atoms with van der Waals surface area (Å²) in [4.78, 5) is 26.8. The molecule has 4 aromatic rings. The van der Waals surface area contributed by atoms with E-state index in [1.807, 2.05) is 133 Å². The number of hydrogen-bond donors (Lipinski definition) is 0. The molecule has 214 valence electrons. The maximum Gasteiger partial charge on any atom is 0.312 e. The lowest BCUT2D eigenvalue weighted by Crippen LogP contribution is -2.28. The number of hydrogen-bond acceptors (Lipinski definition) is 5. The summed E-state index contributed by atoms with van der Waals surface area (Å²) in [7, 11) is 1.61. The summed E-state index contributed by atoms with van der Waals surface area (Å²) >= 11 is 0. The number of fused-ring (bicyclic) bond motifs is 1. The predicted molar refractivity (Wildman–Crippen MR) is 163 cm³/mol. The van der Waals surface area contributed by atoms with E-state index in [4.69, 9.17) is 14.2 Å². The monoisotopic (exact) mass is 552 g/mol. The Morgan fingerprint density at radius 1 is 0.634 bits per heavy atom. The molecular formula is C36H40O5. The standard InChI is InChI=1S/C36H40O5/c1-23-17-19-25(20-18-23)31(40-33(37)35(2,3)4)27-15-11-12-16-28(27)32(41-34(38)36(5,6)7)30-26-14-10-9-13-24(26)21-22-29(30)39-8/h9-22,31-32H,1-8H3. The Balaban J connectivity index is 2.00. The van der Waals surface area contributed by atoms with Crippen LogP contribution in [-0.2, 0) is 19.1 Å². The van der Waals surface area contributed by atoms with Crippen LogP contribution >= 0.6 is 0 Å². The van der Waals surface area contributed by atoms with Crippen molar-refractivity contribution in [3.63, 3.8) is 0 Å². The zero-order valence-electron chi connectivity index (χ0n) is 25.3. The van der Waals surface area contributed by atoms with E-state index < -0.39 is 23.0 Å². The van der Waals surface area contributed by atoms with Crippen molar-refractivity contribution in [2.24, 2.45) is 10.8 Å². The molecule has 0 heterocycles. The van der Waals surface area contributed by atoms with Gasteiger partial charge in [-0.05, 0) is 70.9 Å². The van der Waals surface area contributed by atoms with Gasteiger partial charge >= 0.3 is 11.9 Å². The largest absolute Gasteiger partial charge is 0.496 e. The molecule has 0 aliphatic heterocycles. The summed E-state index contributed by atoms with van der Waals surface area (Å²) in [6.07, 6.45) is -1.56. The lowest BCUT2D eigenvalue weighted by atomic mass is 9.87. The molecular weight excluding hydrogens is 512 g/mol. The van der Waals surface area contributed by atoms with E-state index in [9.17, 15) is 9.59 Å². The van der Waals surface area contributed by atoms with E-state index in [0.717, 1.165) is 33.0 Å². The summed E-state index contributed by atoms with van der Waals surface area (Å²) in [6.45, 7) is 13.0. The Morgan fingerprint density at radius 3 is 1.71 bits per heavy atom. The quantitative estimate of drug-likeness (QED) is 0.215. The van der Waals surface area contributed by atoms with Crippen molar-refractivity contribution < 1.29 is 23.8 Å². The lowest BCUT2D eigenvalue weighted by molar-refractivity contribution is -0.159. The smallest absolute Gasteiger partial charge is 0.312 e. The highest BCUT2D eigenvalue weighted by atomic mass is 16.6. The first-order valence-corrected chi connectivity index (χ1v) is 13.9. The average molecular weight is 553 g/mol. The van der Waals surface area contributed by atoms with Gasteiger partial charge < -0.3 is 14.2 Å². The van der Waals surface area contributed by atoms with E-state index in [1.54, 1.807) is 7.11 Å². The van der Waals surface area contributed by atoms with Crippen LogP contribution in [0.15, 0.2) is 84.9 Å². The van der Waals surface area contributed by atoms with Gasteiger partial charge in [-0.1, -0.05) is 84.4 Å². The summed E-state index contributed by atoms with van der Waals surface area (Å²) in [5, 5.41) is 1.90. The van der Waals surface area contributed by atoms with Crippen LogP contribution in [0.25, 0.3) is 10.8 Å². The molecule has 0 spiro atoms. The zero-order chi connectivity index (χ0) is 29.9. The maximum absolute atomic E-state index is 13.5. The van der Waals surface area contributed by atoms with Gasteiger partial charge in [-0.3, -0.25) is 9.59 Å². The minimum atomic E-state index is -0.833. The van der Waals surface area contributed by atoms with E-state index in [1.165, 1.54) is 0 Å². The van der Waals surface area contributed by atoms with Gasteiger partial charge in [-0.15, -0.1) is 0 Å². The average Bonchev–Trinajstić information content (AvgIpc) is 2.93. The van der Waals surface area contributed by atoms with Crippen molar-refractivity contribution in [2.45, 2.75) is 60.7 Å². The number of methoxy groups -OCH3 is 1. The van der Waals surface area contributed by atoms with Crippen LogP contribution < -0.4 is 4.74 Å². The second-order valence-corrected chi connectivity index (χ2v) is 12.5. The molecule has 0 radical (unpaired) electrons. The molecule has 4 aromatic carbocycles. The van der Waals surface area contributed by atoms with Crippen LogP contribution in [0.3, 0.4) is 0 Å². The third-order valence-electron chi connectivity index (χ3n) is 7.03. The van der Waals surface area contributed by atoms with Crippen molar-refractivity contribution in [1.82, 2.24) is 0 Å². The Morgan fingerprint density at radius 2 is 1.15 bits per heavy atom. The lowest BCUT2D eigenvalue weighted by Gasteiger charge is -2.30. The zero-order valence-corrected chi connectivity index (χ0v) is 25.3. The van der Waals surface area contributed by atoms with Crippen molar-refractivity contribution >= 4 is 22.7 Å². The van der Waals surface area contributed by atoms with Gasteiger partial charge in [0.2, 0.25) is 0 Å². The molecule has 4 rings (SSSR count). The van der Waals surface area contributed by atoms with Gasteiger partial charge in [0.1, 0.15) is 5.75 Å². The van der Waals surface area contributed by atoms with Crippen molar-refractivity contribution in [2.75, 3.05) is 7.11 Å². The third kappa shape index (κ3) is 6.62. The third-order valence-corrected chi connectivity index (χ3v) is 7.03. The second kappa shape index (κ2) is 11.8. The minimum absolute atomic E-state index is 0.330. The van der Waals surface area contributed by atoms with Crippen molar-refractivity contribution in [3.8, 4) is 5.75 Å². The van der Waals surface area contributed by atoms with Gasteiger partial charge in [0.05, 0.1) is 17.9 Å². The molecule has 0 bridgehead atoms. The molecule has 41 heavy (non-hydrogen) atoms. The van der Waals surface area contributed by atoms with Crippen molar-refractivity contribution in [3.05, 3.63) is 113 Å². The van der Waals surface area contributed by atoms with Crippen LogP contribution in [0.1, 0.15) is 81.6 Å². The summed E-state index contributed by atoms with van der Waals surface area (Å²) in [5.41, 5.74) is 2.64. The molecule has 0 N–H and O–H groups in total. The van der Waals surface area contributed by atoms with Gasteiger partial charge in [0, 0.05) is 16.7 Å². The fourth-order valence-corrected chi connectivity index (χ4v) is 4.61. The highest BCUT2D eigenvalue weighted by Gasteiger charge is 2.35. The normalized spacial score (nSPS) is 13.4. The van der Waals surface area contributed by atoms with E-state index in [-0.39, 0.29) is 11.9 Å². The maximum atomic E-state index is 13.5. The topological polar surface area (TPSA) is 61.8 Å². The first-order chi connectivity index (χ1) is 19.3. The Bertz CT molecular complexity index is 1540. The second-order valence-electron chi connectivity index (χ2n) is 12.5. The van der Waals surface area contributed by atoms with Gasteiger partial charge in [0.15, 0.2) is 12.2 Å². The van der Waals surface area contributed by atoms with E-state index in [0.29, 0.717) is 11.3 Å². The Labute approximate surface area is 243 Å². The Kier molecular flexibility index (Phi) is 8.58. The fraction of sp³-hybridized carbons (Fsp3) is 0.333. The molecule has 0 aliphatic rings. The van der Waals surface area contributed by atoms with Crippen LogP contribution in [0.4, 0.5) is 0 Å². The molecule has 0 aliphatic carbocycles. The van der Waals surface area contributed by atoms with Crippen LogP contribution in [0, 0.1) is 17.8 Å². The Hall–Kier alpha value is -4.12. The van der Waals surface area contributed by atoms with Gasteiger partial charge in [-0.2, -0.15) is 0 Å². The number of carbonyl (C=O) groups is 2. The van der Waals surface area contributed by atoms with Gasteiger partial charge in [0.25, 0.3) is 0 Å². The first kappa shape index (κ1) is 29.9. The molecule has 2 unspecified atom stereocenters. The van der Waals surface area contributed by atoms with Crippen molar-refractivity contribution in [1.29, 1.82) is 0 Å². The number of carbonyl (C=O) groups excluding carboxylic acids is 2. The van der Waals surface area contributed by atoms with E-state index in [2.05, 4.69) is 0 Å².